The Morgan fingerprint density at radius 3 is 3.00 bits per heavy atom. The summed E-state index contributed by atoms with van der Waals surface area (Å²) in [5, 5.41) is 11.2. The standard InChI is InChI=1S/C15H14ClFN6O/c1-10(23-8-12(16)6-19-23)14(24)20-15-18-9-22(21-15)7-11-3-2-4-13(17)5-11/h2-6,8-10H,7H2,1H3,(H,20,21,24). The summed E-state index contributed by atoms with van der Waals surface area (Å²) in [6, 6.07) is 5.64. The lowest BCUT2D eigenvalue weighted by Crippen LogP contribution is -2.24. The average Bonchev–Trinajstić information content (AvgIpc) is 3.16. The van der Waals surface area contributed by atoms with Gasteiger partial charge in [-0.15, -0.1) is 5.10 Å². The van der Waals surface area contributed by atoms with Gasteiger partial charge in [-0.05, 0) is 24.6 Å². The van der Waals surface area contributed by atoms with E-state index in [2.05, 4.69) is 20.5 Å². The molecule has 24 heavy (non-hydrogen) atoms. The van der Waals surface area contributed by atoms with Crippen LogP contribution in [0.5, 0.6) is 0 Å². The highest BCUT2D eigenvalue weighted by Crippen LogP contribution is 2.12. The molecule has 3 rings (SSSR count). The number of anilines is 1. The molecule has 1 atom stereocenters. The van der Waals surface area contributed by atoms with Gasteiger partial charge in [0.25, 0.3) is 5.91 Å². The summed E-state index contributed by atoms with van der Waals surface area (Å²) in [5.74, 6) is -0.465. The third kappa shape index (κ3) is 3.77. The first-order valence-corrected chi connectivity index (χ1v) is 7.53. The molecule has 0 bridgehead atoms. The molecule has 1 amide bonds. The molecule has 1 aromatic carbocycles. The van der Waals surface area contributed by atoms with Gasteiger partial charge in [-0.2, -0.15) is 5.10 Å². The Hall–Kier alpha value is -2.74. The fourth-order valence-electron chi connectivity index (χ4n) is 2.11. The summed E-state index contributed by atoms with van der Waals surface area (Å²) in [7, 11) is 0. The molecule has 0 fully saturated rings. The summed E-state index contributed by atoms with van der Waals surface area (Å²) < 4.78 is 16.1. The highest BCUT2D eigenvalue weighted by molar-refractivity contribution is 6.30. The average molecular weight is 349 g/mol. The van der Waals surface area contributed by atoms with Crippen LogP contribution in [0.1, 0.15) is 18.5 Å². The van der Waals surface area contributed by atoms with Gasteiger partial charge in [0.1, 0.15) is 18.2 Å². The van der Waals surface area contributed by atoms with Crippen molar-refractivity contribution in [2.45, 2.75) is 19.5 Å². The van der Waals surface area contributed by atoms with Crippen molar-refractivity contribution >= 4 is 23.5 Å². The van der Waals surface area contributed by atoms with Gasteiger partial charge in [-0.1, -0.05) is 23.7 Å². The third-order valence-corrected chi connectivity index (χ3v) is 3.55. The van der Waals surface area contributed by atoms with Crippen LogP contribution in [-0.2, 0) is 11.3 Å². The maximum atomic E-state index is 13.2. The zero-order valence-corrected chi connectivity index (χ0v) is 13.5. The highest BCUT2D eigenvalue weighted by atomic mass is 35.5. The molecular weight excluding hydrogens is 335 g/mol. The van der Waals surface area contributed by atoms with Crippen LogP contribution in [0.15, 0.2) is 43.0 Å². The monoisotopic (exact) mass is 348 g/mol. The second-order valence-electron chi connectivity index (χ2n) is 5.20. The van der Waals surface area contributed by atoms with Crippen molar-refractivity contribution in [1.29, 1.82) is 0 Å². The maximum Gasteiger partial charge on any atom is 0.251 e. The highest BCUT2D eigenvalue weighted by Gasteiger charge is 2.17. The van der Waals surface area contributed by atoms with Crippen molar-refractivity contribution in [3.63, 3.8) is 0 Å². The smallest absolute Gasteiger partial charge is 0.251 e. The Balaban J connectivity index is 1.64. The molecule has 0 radical (unpaired) electrons. The summed E-state index contributed by atoms with van der Waals surface area (Å²) in [4.78, 5) is 16.2. The number of amides is 1. The topological polar surface area (TPSA) is 77.6 Å². The summed E-state index contributed by atoms with van der Waals surface area (Å²) >= 11 is 5.79. The quantitative estimate of drug-likeness (QED) is 0.768. The van der Waals surface area contributed by atoms with Gasteiger partial charge in [0.2, 0.25) is 5.95 Å². The lowest BCUT2D eigenvalue weighted by molar-refractivity contribution is -0.119. The van der Waals surface area contributed by atoms with Crippen LogP contribution in [-0.4, -0.2) is 30.5 Å². The molecule has 0 saturated heterocycles. The van der Waals surface area contributed by atoms with Gasteiger partial charge in [-0.25, -0.2) is 14.1 Å². The van der Waals surface area contributed by atoms with Gasteiger partial charge in [0, 0.05) is 6.20 Å². The number of halogens is 2. The number of rotatable bonds is 5. The molecule has 124 valence electrons. The van der Waals surface area contributed by atoms with Crippen LogP contribution in [0, 0.1) is 5.82 Å². The third-order valence-electron chi connectivity index (χ3n) is 3.35. The number of carbonyl (C=O) groups is 1. The van der Waals surface area contributed by atoms with E-state index in [0.29, 0.717) is 11.6 Å². The van der Waals surface area contributed by atoms with Crippen molar-refractivity contribution in [2.24, 2.45) is 0 Å². The van der Waals surface area contributed by atoms with Crippen LogP contribution in [0.4, 0.5) is 10.3 Å². The minimum Gasteiger partial charge on any atom is -0.291 e. The number of hydrogen-bond acceptors (Lipinski definition) is 4. The molecule has 7 nitrogen and oxygen atoms in total. The van der Waals surface area contributed by atoms with E-state index in [9.17, 15) is 9.18 Å². The Morgan fingerprint density at radius 1 is 1.46 bits per heavy atom. The van der Waals surface area contributed by atoms with E-state index in [0.717, 1.165) is 5.56 Å². The molecule has 0 spiro atoms. The number of nitrogens with zero attached hydrogens (tertiary/aromatic N) is 5. The number of aromatic nitrogens is 5. The van der Waals surface area contributed by atoms with E-state index < -0.39 is 6.04 Å². The fourth-order valence-corrected chi connectivity index (χ4v) is 2.26. The largest absolute Gasteiger partial charge is 0.291 e. The predicted octanol–water partition coefficient (Wildman–Crippen LogP) is 2.52. The van der Waals surface area contributed by atoms with Gasteiger partial charge < -0.3 is 0 Å². The van der Waals surface area contributed by atoms with Crippen LogP contribution in [0.2, 0.25) is 5.02 Å². The summed E-state index contributed by atoms with van der Waals surface area (Å²) in [6.07, 6.45) is 4.48. The van der Waals surface area contributed by atoms with Crippen molar-refractivity contribution < 1.29 is 9.18 Å². The van der Waals surface area contributed by atoms with Gasteiger partial charge >= 0.3 is 0 Å². The van der Waals surface area contributed by atoms with Crippen molar-refractivity contribution in [1.82, 2.24) is 24.5 Å². The molecular formula is C15H14ClFN6O. The lowest BCUT2D eigenvalue weighted by Gasteiger charge is -2.10. The van der Waals surface area contributed by atoms with Gasteiger partial charge in [0.05, 0.1) is 17.8 Å². The van der Waals surface area contributed by atoms with Crippen LogP contribution in [0.25, 0.3) is 0 Å². The second kappa shape index (κ2) is 6.79. The van der Waals surface area contributed by atoms with E-state index in [1.807, 2.05) is 0 Å². The molecule has 0 aliphatic rings. The van der Waals surface area contributed by atoms with Crippen LogP contribution in [0.3, 0.4) is 0 Å². The molecule has 3 aromatic rings. The Morgan fingerprint density at radius 2 is 2.29 bits per heavy atom. The van der Waals surface area contributed by atoms with E-state index in [1.54, 1.807) is 25.3 Å². The lowest BCUT2D eigenvalue weighted by atomic mass is 10.2. The van der Waals surface area contributed by atoms with E-state index in [-0.39, 0.29) is 17.7 Å². The van der Waals surface area contributed by atoms with E-state index >= 15 is 0 Å². The molecule has 9 heteroatoms. The van der Waals surface area contributed by atoms with Gasteiger partial charge in [0.15, 0.2) is 0 Å². The number of carbonyl (C=O) groups excluding carboxylic acids is 1. The number of hydrogen-bond donors (Lipinski definition) is 1. The zero-order valence-electron chi connectivity index (χ0n) is 12.7. The molecule has 0 aliphatic carbocycles. The Kier molecular flexibility index (Phi) is 4.57. The van der Waals surface area contributed by atoms with E-state index in [1.165, 1.54) is 34.0 Å². The summed E-state index contributed by atoms with van der Waals surface area (Å²) in [5.41, 5.74) is 0.748. The molecule has 1 N–H and O–H groups in total. The Bertz CT molecular complexity index is 861. The normalized spacial score (nSPS) is 12.1. The van der Waals surface area contributed by atoms with Crippen LogP contribution < -0.4 is 5.32 Å². The number of nitrogens with one attached hydrogen (secondary N) is 1. The minimum atomic E-state index is -0.562. The molecule has 1 unspecified atom stereocenters. The van der Waals surface area contributed by atoms with Crippen LogP contribution >= 0.6 is 11.6 Å². The summed E-state index contributed by atoms with van der Waals surface area (Å²) in [6.45, 7) is 2.04. The Labute approximate surface area is 142 Å². The first-order chi connectivity index (χ1) is 11.5. The fraction of sp³-hybridized carbons (Fsp3) is 0.200. The molecule has 2 heterocycles. The molecule has 2 aromatic heterocycles. The van der Waals surface area contributed by atoms with E-state index in [4.69, 9.17) is 11.6 Å². The van der Waals surface area contributed by atoms with Crippen molar-refractivity contribution in [2.75, 3.05) is 5.32 Å². The first kappa shape index (κ1) is 16.1. The molecule has 0 aliphatic heterocycles. The maximum absolute atomic E-state index is 13.2. The van der Waals surface area contributed by atoms with Gasteiger partial charge in [-0.3, -0.25) is 14.8 Å². The first-order valence-electron chi connectivity index (χ1n) is 7.15. The zero-order chi connectivity index (χ0) is 17.1. The second-order valence-corrected chi connectivity index (χ2v) is 5.64. The predicted molar refractivity (Wildman–Crippen MR) is 86.1 cm³/mol. The number of benzene rings is 1. The van der Waals surface area contributed by atoms with Crippen molar-refractivity contribution in [3.8, 4) is 0 Å². The minimum absolute atomic E-state index is 0.168. The van der Waals surface area contributed by atoms with Crippen molar-refractivity contribution in [3.05, 3.63) is 59.4 Å². The SMILES string of the molecule is CC(C(=O)Nc1ncn(Cc2cccc(F)c2)n1)n1cc(Cl)cn1. The molecule has 0 saturated carbocycles.